The lowest BCUT2D eigenvalue weighted by molar-refractivity contribution is 0.118. The summed E-state index contributed by atoms with van der Waals surface area (Å²) in [5.41, 5.74) is 0.761. The molecule has 0 unspecified atom stereocenters. The first-order valence-corrected chi connectivity index (χ1v) is 6.62. The molecule has 0 spiro atoms. The lowest BCUT2D eigenvalue weighted by Gasteiger charge is -2.27. The van der Waals surface area contributed by atoms with E-state index < -0.39 is 0 Å². The highest BCUT2D eigenvalue weighted by Crippen LogP contribution is 2.33. The van der Waals surface area contributed by atoms with Crippen LogP contribution in [0.25, 0.3) is 0 Å². The molecule has 0 N–H and O–H groups in total. The molecule has 1 aromatic carbocycles. The van der Waals surface area contributed by atoms with E-state index in [0.717, 1.165) is 23.5 Å². The molecule has 0 saturated carbocycles. The van der Waals surface area contributed by atoms with Gasteiger partial charge in [0, 0.05) is 5.56 Å². The molecule has 102 valence electrons. The zero-order valence-electron chi connectivity index (χ0n) is 12.8. The van der Waals surface area contributed by atoms with E-state index in [1.54, 1.807) is 0 Å². The van der Waals surface area contributed by atoms with Gasteiger partial charge in [0.15, 0.2) is 0 Å². The Morgan fingerprint density at radius 1 is 0.833 bits per heavy atom. The van der Waals surface area contributed by atoms with Gasteiger partial charge in [-0.1, -0.05) is 13.0 Å². The van der Waals surface area contributed by atoms with Gasteiger partial charge in [0.1, 0.15) is 22.7 Å². The van der Waals surface area contributed by atoms with Crippen molar-refractivity contribution in [2.45, 2.75) is 66.1 Å². The van der Waals surface area contributed by atoms with Gasteiger partial charge in [0.2, 0.25) is 0 Å². The van der Waals surface area contributed by atoms with Crippen LogP contribution in [-0.4, -0.2) is 11.2 Å². The normalized spacial score (nSPS) is 12.4. The summed E-state index contributed by atoms with van der Waals surface area (Å²) in [7, 11) is 0. The molecular weight excluding hydrogens is 224 g/mol. The molecule has 0 saturated heterocycles. The first-order chi connectivity index (χ1) is 8.12. The molecule has 2 nitrogen and oxygen atoms in total. The Kier molecular flexibility index (Phi) is 4.31. The Balaban J connectivity index is 3.10. The summed E-state index contributed by atoms with van der Waals surface area (Å²) in [5, 5.41) is 0. The lowest BCUT2D eigenvalue weighted by Crippen LogP contribution is -2.25. The Morgan fingerprint density at radius 3 is 1.50 bits per heavy atom. The van der Waals surface area contributed by atoms with Gasteiger partial charge < -0.3 is 9.47 Å². The van der Waals surface area contributed by atoms with Crippen molar-refractivity contribution in [1.82, 2.24) is 0 Å². The third-order valence-corrected chi connectivity index (χ3v) is 2.28. The van der Waals surface area contributed by atoms with Gasteiger partial charge in [0.05, 0.1) is 0 Å². The third kappa shape index (κ3) is 4.59. The van der Waals surface area contributed by atoms with Crippen LogP contribution in [0, 0.1) is 0 Å². The quantitative estimate of drug-likeness (QED) is 0.780. The highest BCUT2D eigenvalue weighted by molar-refractivity contribution is 5.45. The Labute approximate surface area is 111 Å². The van der Waals surface area contributed by atoms with Gasteiger partial charge in [-0.2, -0.15) is 0 Å². The molecule has 0 aromatic heterocycles. The summed E-state index contributed by atoms with van der Waals surface area (Å²) in [5.74, 6) is 1.85. The van der Waals surface area contributed by atoms with E-state index in [0.29, 0.717) is 0 Å². The molecule has 1 rings (SSSR count). The number of hydrogen-bond donors (Lipinski definition) is 0. The van der Waals surface area contributed by atoms with E-state index in [9.17, 15) is 0 Å². The van der Waals surface area contributed by atoms with Crippen LogP contribution in [0.5, 0.6) is 11.5 Å². The maximum absolute atomic E-state index is 6.00. The van der Waals surface area contributed by atoms with Crippen molar-refractivity contribution >= 4 is 0 Å². The first kappa shape index (κ1) is 14.9. The van der Waals surface area contributed by atoms with Crippen molar-refractivity contribution in [1.29, 1.82) is 0 Å². The zero-order valence-corrected chi connectivity index (χ0v) is 12.8. The number of benzene rings is 1. The molecule has 0 bridgehead atoms. The van der Waals surface area contributed by atoms with Crippen LogP contribution in [-0.2, 0) is 6.42 Å². The number of ether oxygens (including phenoxy) is 2. The standard InChI is InChI=1S/C16H26O2/c1-8-12-13(17-15(2,3)4)10-9-11-14(12)18-16(5,6)7/h9-11H,8H2,1-7H3. The minimum absolute atomic E-state index is 0.190. The predicted octanol–water partition coefficient (Wildman–Crippen LogP) is 4.60. The molecule has 0 radical (unpaired) electrons. The summed E-state index contributed by atoms with van der Waals surface area (Å²) in [4.78, 5) is 0. The largest absolute Gasteiger partial charge is 0.488 e. The SMILES string of the molecule is CCc1c(OC(C)(C)C)cccc1OC(C)(C)C. The van der Waals surface area contributed by atoms with Gasteiger partial charge in [0.25, 0.3) is 0 Å². The Morgan fingerprint density at radius 2 is 1.22 bits per heavy atom. The highest BCUT2D eigenvalue weighted by Gasteiger charge is 2.19. The summed E-state index contributed by atoms with van der Waals surface area (Å²) >= 11 is 0. The minimum atomic E-state index is -0.190. The fraction of sp³-hybridized carbons (Fsp3) is 0.625. The zero-order chi connectivity index (χ0) is 14.0. The molecule has 0 aliphatic carbocycles. The maximum atomic E-state index is 6.00. The monoisotopic (exact) mass is 250 g/mol. The minimum Gasteiger partial charge on any atom is -0.488 e. The van der Waals surface area contributed by atoms with Crippen LogP contribution < -0.4 is 9.47 Å². The molecular formula is C16H26O2. The average molecular weight is 250 g/mol. The average Bonchev–Trinajstić information content (AvgIpc) is 2.12. The maximum Gasteiger partial charge on any atom is 0.126 e. The molecule has 0 amide bonds. The van der Waals surface area contributed by atoms with Crippen LogP contribution >= 0.6 is 0 Å². The molecule has 0 aliphatic rings. The third-order valence-electron chi connectivity index (χ3n) is 2.28. The van der Waals surface area contributed by atoms with Crippen molar-refractivity contribution in [2.24, 2.45) is 0 Å². The second-order valence-corrected chi connectivity index (χ2v) is 6.52. The van der Waals surface area contributed by atoms with Crippen molar-refractivity contribution in [3.63, 3.8) is 0 Å². The molecule has 1 aromatic rings. The molecule has 2 heteroatoms. The van der Waals surface area contributed by atoms with Gasteiger partial charge in [-0.3, -0.25) is 0 Å². The van der Waals surface area contributed by atoms with Crippen molar-refractivity contribution in [3.8, 4) is 11.5 Å². The van der Waals surface area contributed by atoms with Crippen LogP contribution in [0.4, 0.5) is 0 Å². The van der Waals surface area contributed by atoms with Crippen molar-refractivity contribution in [2.75, 3.05) is 0 Å². The summed E-state index contributed by atoms with van der Waals surface area (Å²) in [6, 6.07) is 6.01. The van der Waals surface area contributed by atoms with E-state index in [1.807, 2.05) is 18.2 Å². The summed E-state index contributed by atoms with van der Waals surface area (Å²) in [6.45, 7) is 14.5. The lowest BCUT2D eigenvalue weighted by atomic mass is 10.1. The second kappa shape index (κ2) is 5.21. The van der Waals surface area contributed by atoms with E-state index in [1.165, 1.54) is 0 Å². The van der Waals surface area contributed by atoms with E-state index >= 15 is 0 Å². The van der Waals surface area contributed by atoms with Gasteiger partial charge in [-0.25, -0.2) is 0 Å². The summed E-state index contributed by atoms with van der Waals surface area (Å²) < 4.78 is 12.0. The van der Waals surface area contributed by atoms with Crippen LogP contribution in [0.3, 0.4) is 0 Å². The first-order valence-electron chi connectivity index (χ1n) is 6.62. The molecule has 0 aliphatic heterocycles. The van der Waals surface area contributed by atoms with Gasteiger partial charge >= 0.3 is 0 Å². The fourth-order valence-corrected chi connectivity index (χ4v) is 1.74. The fourth-order valence-electron chi connectivity index (χ4n) is 1.74. The van der Waals surface area contributed by atoms with Gasteiger partial charge in [-0.05, 0) is 60.1 Å². The molecule has 18 heavy (non-hydrogen) atoms. The Bertz CT molecular complexity index is 360. The van der Waals surface area contributed by atoms with Crippen LogP contribution in [0.15, 0.2) is 18.2 Å². The smallest absolute Gasteiger partial charge is 0.126 e. The molecule has 0 heterocycles. The van der Waals surface area contributed by atoms with Crippen LogP contribution in [0.1, 0.15) is 54.0 Å². The van der Waals surface area contributed by atoms with E-state index in [4.69, 9.17) is 9.47 Å². The van der Waals surface area contributed by atoms with E-state index in [-0.39, 0.29) is 11.2 Å². The van der Waals surface area contributed by atoms with Crippen molar-refractivity contribution < 1.29 is 9.47 Å². The topological polar surface area (TPSA) is 18.5 Å². The van der Waals surface area contributed by atoms with Crippen LogP contribution in [0.2, 0.25) is 0 Å². The molecule has 0 fully saturated rings. The molecule has 0 atom stereocenters. The predicted molar refractivity (Wildman–Crippen MR) is 76.6 cm³/mol. The Hall–Kier alpha value is -1.18. The van der Waals surface area contributed by atoms with Crippen molar-refractivity contribution in [3.05, 3.63) is 23.8 Å². The number of rotatable bonds is 3. The number of hydrogen-bond acceptors (Lipinski definition) is 2. The second-order valence-electron chi connectivity index (χ2n) is 6.52. The highest BCUT2D eigenvalue weighted by atomic mass is 16.5. The summed E-state index contributed by atoms with van der Waals surface area (Å²) in [6.07, 6.45) is 0.900. The van der Waals surface area contributed by atoms with E-state index in [2.05, 4.69) is 48.5 Å². The van der Waals surface area contributed by atoms with Gasteiger partial charge in [-0.15, -0.1) is 0 Å².